The monoisotopic (exact) mass is 414 g/mol. The molecule has 0 aliphatic heterocycles. The van der Waals surface area contributed by atoms with Gasteiger partial charge in [-0.1, -0.05) is 6.92 Å². The van der Waals surface area contributed by atoms with Crippen LogP contribution in [0.1, 0.15) is 25.8 Å². The molecule has 2 amide bonds. The average molecular weight is 414 g/mol. The van der Waals surface area contributed by atoms with Crippen LogP contribution in [0.3, 0.4) is 0 Å². The smallest absolute Gasteiger partial charge is 0.329 e. The van der Waals surface area contributed by atoms with Crippen molar-refractivity contribution >= 4 is 29.4 Å². The number of carbonyl (C=O) groups excluding carboxylic acids is 2. The molecule has 0 atom stereocenters. The van der Waals surface area contributed by atoms with Gasteiger partial charge < -0.3 is 14.8 Å². The number of nitrogens with one attached hydrogen (secondary N) is 2. The van der Waals surface area contributed by atoms with Gasteiger partial charge in [0, 0.05) is 17.8 Å². The van der Waals surface area contributed by atoms with E-state index in [1.807, 2.05) is 13.8 Å². The molecule has 10 heteroatoms. The summed E-state index contributed by atoms with van der Waals surface area (Å²) in [4.78, 5) is 33.8. The Balaban J connectivity index is 1.94. The number of amides is 2. The third kappa shape index (κ3) is 6.59. The van der Waals surface area contributed by atoms with Crippen molar-refractivity contribution in [3.8, 4) is 11.5 Å². The van der Waals surface area contributed by atoms with Crippen LogP contribution in [0.5, 0.6) is 11.5 Å². The largest absolute Gasteiger partial charge is 0.490 e. The Kier molecular flexibility index (Phi) is 8.30. The zero-order chi connectivity index (χ0) is 21.9. The highest BCUT2D eigenvalue weighted by molar-refractivity contribution is 6.39. The number of nitro benzene ring substituents is 1. The number of carbonyl (C=O) groups is 2. The maximum Gasteiger partial charge on any atom is 0.329 e. The molecule has 30 heavy (non-hydrogen) atoms. The van der Waals surface area contributed by atoms with Gasteiger partial charge in [0.05, 0.1) is 24.4 Å². The quantitative estimate of drug-likeness (QED) is 0.281. The molecule has 0 heterocycles. The first-order valence-corrected chi connectivity index (χ1v) is 9.23. The number of nitro groups is 1. The fourth-order valence-corrected chi connectivity index (χ4v) is 2.28. The van der Waals surface area contributed by atoms with E-state index in [4.69, 9.17) is 9.47 Å². The molecule has 2 aromatic rings. The Hall–Kier alpha value is -3.95. The number of rotatable bonds is 9. The molecular formula is C20H22N4O6. The first kappa shape index (κ1) is 22.3. The fraction of sp³-hybridized carbons (Fsp3) is 0.250. The Labute approximate surface area is 173 Å². The molecular weight excluding hydrogens is 392 g/mol. The molecule has 0 bridgehead atoms. The minimum Gasteiger partial charge on any atom is -0.490 e. The summed E-state index contributed by atoms with van der Waals surface area (Å²) in [5.74, 6) is -0.781. The van der Waals surface area contributed by atoms with Gasteiger partial charge in [-0.3, -0.25) is 19.7 Å². The summed E-state index contributed by atoms with van der Waals surface area (Å²) >= 11 is 0. The van der Waals surface area contributed by atoms with Gasteiger partial charge in [-0.05, 0) is 49.2 Å². The van der Waals surface area contributed by atoms with Crippen LogP contribution in [0.2, 0.25) is 0 Å². The van der Waals surface area contributed by atoms with Gasteiger partial charge in [-0.25, -0.2) is 5.43 Å². The Morgan fingerprint density at radius 1 is 1.07 bits per heavy atom. The minimum atomic E-state index is -0.988. The van der Waals surface area contributed by atoms with Gasteiger partial charge in [0.15, 0.2) is 11.5 Å². The molecule has 0 aromatic heterocycles. The summed E-state index contributed by atoms with van der Waals surface area (Å²) in [6, 6.07) is 10.3. The number of hydrogen-bond acceptors (Lipinski definition) is 7. The minimum absolute atomic E-state index is 0.125. The number of hydrazone groups is 1. The predicted octanol–water partition coefficient (Wildman–Crippen LogP) is 2.87. The van der Waals surface area contributed by atoms with Crippen molar-refractivity contribution in [2.45, 2.75) is 20.3 Å². The van der Waals surface area contributed by atoms with Crippen LogP contribution in [-0.2, 0) is 9.59 Å². The second kappa shape index (κ2) is 11.1. The highest BCUT2D eigenvalue weighted by Gasteiger charge is 2.14. The maximum absolute atomic E-state index is 11.9. The van der Waals surface area contributed by atoms with Gasteiger partial charge in [0.2, 0.25) is 0 Å². The van der Waals surface area contributed by atoms with Gasteiger partial charge in [-0.15, -0.1) is 0 Å². The number of non-ortho nitro benzene ring substituents is 1. The van der Waals surface area contributed by atoms with E-state index in [1.54, 1.807) is 18.2 Å². The number of anilines is 1. The van der Waals surface area contributed by atoms with Crippen molar-refractivity contribution in [3.05, 3.63) is 58.1 Å². The van der Waals surface area contributed by atoms with Crippen molar-refractivity contribution in [2.75, 3.05) is 18.5 Å². The van der Waals surface area contributed by atoms with Crippen LogP contribution < -0.4 is 20.2 Å². The van der Waals surface area contributed by atoms with Crippen molar-refractivity contribution in [1.82, 2.24) is 5.43 Å². The van der Waals surface area contributed by atoms with E-state index in [0.29, 0.717) is 30.3 Å². The maximum atomic E-state index is 11.9. The molecule has 2 rings (SSSR count). The third-order valence-corrected chi connectivity index (χ3v) is 3.65. The molecule has 10 nitrogen and oxygen atoms in total. The number of benzene rings is 2. The summed E-state index contributed by atoms with van der Waals surface area (Å²) in [6.45, 7) is 4.88. The molecule has 0 radical (unpaired) electrons. The molecule has 0 spiro atoms. The zero-order valence-electron chi connectivity index (χ0n) is 16.6. The van der Waals surface area contributed by atoms with E-state index in [2.05, 4.69) is 15.8 Å². The lowest BCUT2D eigenvalue weighted by atomic mass is 10.2. The van der Waals surface area contributed by atoms with E-state index in [0.717, 1.165) is 6.42 Å². The lowest BCUT2D eigenvalue weighted by Gasteiger charge is -2.11. The molecule has 0 saturated carbocycles. The Morgan fingerprint density at radius 3 is 2.43 bits per heavy atom. The zero-order valence-corrected chi connectivity index (χ0v) is 16.6. The highest BCUT2D eigenvalue weighted by Crippen LogP contribution is 2.28. The van der Waals surface area contributed by atoms with Crippen molar-refractivity contribution in [2.24, 2.45) is 5.10 Å². The number of nitrogens with zero attached hydrogens (tertiary/aromatic N) is 2. The van der Waals surface area contributed by atoms with E-state index < -0.39 is 16.7 Å². The van der Waals surface area contributed by atoms with E-state index in [-0.39, 0.29) is 11.4 Å². The van der Waals surface area contributed by atoms with E-state index in [1.165, 1.54) is 30.5 Å². The molecule has 158 valence electrons. The highest BCUT2D eigenvalue weighted by atomic mass is 16.6. The second-order valence-electron chi connectivity index (χ2n) is 5.94. The second-order valence-corrected chi connectivity index (χ2v) is 5.94. The van der Waals surface area contributed by atoms with Crippen LogP contribution in [-0.4, -0.2) is 36.2 Å². The molecule has 0 saturated heterocycles. The van der Waals surface area contributed by atoms with Crippen LogP contribution in [0.4, 0.5) is 11.4 Å². The SMILES string of the molecule is CCCOc1ccc(/C=N\NC(=O)C(=O)Nc2ccc([N+](=O)[O-])cc2)cc1OCC. The molecule has 0 unspecified atom stereocenters. The van der Waals surface area contributed by atoms with Crippen molar-refractivity contribution in [1.29, 1.82) is 0 Å². The lowest BCUT2D eigenvalue weighted by Crippen LogP contribution is -2.32. The molecule has 2 aromatic carbocycles. The summed E-state index contributed by atoms with van der Waals surface area (Å²) in [5.41, 5.74) is 2.88. The van der Waals surface area contributed by atoms with Gasteiger partial charge in [0.1, 0.15) is 0 Å². The van der Waals surface area contributed by atoms with Crippen LogP contribution in [0.15, 0.2) is 47.6 Å². The summed E-state index contributed by atoms with van der Waals surface area (Å²) in [7, 11) is 0. The summed E-state index contributed by atoms with van der Waals surface area (Å²) in [6.07, 6.45) is 2.23. The lowest BCUT2D eigenvalue weighted by molar-refractivity contribution is -0.384. The standard InChI is InChI=1S/C20H22N4O6/c1-3-11-30-17-10-5-14(12-18(17)29-4-2)13-21-23-20(26)19(25)22-15-6-8-16(9-7-15)24(27)28/h5-10,12-13H,3-4,11H2,1-2H3,(H,22,25)(H,23,26)/b21-13-. The first-order chi connectivity index (χ1) is 14.4. The van der Waals surface area contributed by atoms with E-state index in [9.17, 15) is 19.7 Å². The first-order valence-electron chi connectivity index (χ1n) is 9.23. The van der Waals surface area contributed by atoms with Crippen LogP contribution in [0.25, 0.3) is 0 Å². The number of ether oxygens (including phenoxy) is 2. The molecule has 0 aliphatic rings. The van der Waals surface area contributed by atoms with Crippen molar-refractivity contribution < 1.29 is 24.0 Å². The topological polar surface area (TPSA) is 132 Å². The molecule has 0 fully saturated rings. The predicted molar refractivity (Wildman–Crippen MR) is 111 cm³/mol. The van der Waals surface area contributed by atoms with Gasteiger partial charge in [0.25, 0.3) is 5.69 Å². The third-order valence-electron chi connectivity index (χ3n) is 3.65. The average Bonchev–Trinajstić information content (AvgIpc) is 2.73. The Morgan fingerprint density at radius 2 is 1.80 bits per heavy atom. The van der Waals surface area contributed by atoms with Gasteiger partial charge in [-0.2, -0.15) is 5.10 Å². The van der Waals surface area contributed by atoms with Gasteiger partial charge >= 0.3 is 11.8 Å². The molecule has 2 N–H and O–H groups in total. The summed E-state index contributed by atoms with van der Waals surface area (Å²) < 4.78 is 11.2. The summed E-state index contributed by atoms with van der Waals surface area (Å²) in [5, 5.41) is 16.7. The van der Waals surface area contributed by atoms with Crippen LogP contribution in [0, 0.1) is 10.1 Å². The number of hydrogen-bond donors (Lipinski definition) is 2. The fourth-order valence-electron chi connectivity index (χ4n) is 2.28. The molecule has 0 aliphatic carbocycles. The van der Waals surface area contributed by atoms with Crippen LogP contribution >= 0.6 is 0 Å². The van der Waals surface area contributed by atoms with Crippen molar-refractivity contribution in [3.63, 3.8) is 0 Å². The Bertz CT molecular complexity index is 927. The normalized spacial score (nSPS) is 10.5. The van der Waals surface area contributed by atoms with E-state index >= 15 is 0 Å².